The topological polar surface area (TPSA) is 45.2 Å². The number of carbonyl (C=O) groups excluding carboxylic acids is 1. The van der Waals surface area contributed by atoms with E-state index in [1.54, 1.807) is 6.20 Å². The fourth-order valence-corrected chi connectivity index (χ4v) is 4.86. The van der Waals surface area contributed by atoms with Gasteiger partial charge in [-0.05, 0) is 73.3 Å². The zero-order chi connectivity index (χ0) is 18.5. The van der Waals surface area contributed by atoms with E-state index in [-0.39, 0.29) is 11.8 Å². The minimum Gasteiger partial charge on any atom is -0.318 e. The van der Waals surface area contributed by atoms with E-state index in [1.165, 1.54) is 17.8 Å². The first-order valence-corrected chi connectivity index (χ1v) is 9.92. The number of rotatable bonds is 3. The van der Waals surface area contributed by atoms with Crippen LogP contribution in [0.15, 0.2) is 36.7 Å². The molecule has 5 heteroatoms. The number of urea groups is 1. The maximum Gasteiger partial charge on any atom is 0.322 e. The molecule has 2 aliphatic carbocycles. The number of halogens is 1. The van der Waals surface area contributed by atoms with Crippen LogP contribution in [0, 0.1) is 11.7 Å². The smallest absolute Gasteiger partial charge is 0.318 e. The molecule has 27 heavy (non-hydrogen) atoms. The molecule has 1 aromatic heterocycles. The maximum atomic E-state index is 13.7. The molecule has 1 unspecified atom stereocenters. The number of piperidine rings is 1. The summed E-state index contributed by atoms with van der Waals surface area (Å²) in [5, 5.41) is 3.07. The zero-order valence-electron chi connectivity index (χ0n) is 15.5. The van der Waals surface area contributed by atoms with Crippen molar-refractivity contribution in [1.82, 2.24) is 9.88 Å². The van der Waals surface area contributed by atoms with E-state index in [0.29, 0.717) is 23.9 Å². The molecule has 3 atom stereocenters. The highest BCUT2D eigenvalue weighted by Gasteiger charge is 2.46. The molecule has 2 aromatic rings. The average Bonchev–Trinajstić information content (AvgIpc) is 3.46. The highest BCUT2D eigenvalue weighted by atomic mass is 19.1. The van der Waals surface area contributed by atoms with Crippen molar-refractivity contribution in [2.75, 3.05) is 5.32 Å². The van der Waals surface area contributed by atoms with Gasteiger partial charge in [-0.15, -0.1) is 0 Å². The van der Waals surface area contributed by atoms with E-state index in [9.17, 15) is 9.18 Å². The van der Waals surface area contributed by atoms with Gasteiger partial charge in [0.15, 0.2) is 0 Å². The molecule has 6 rings (SSSR count). The Hall–Kier alpha value is -2.43. The summed E-state index contributed by atoms with van der Waals surface area (Å²) in [5.74, 6) is 0.901. The Balaban J connectivity index is 1.40. The van der Waals surface area contributed by atoms with Gasteiger partial charge in [-0.1, -0.05) is 13.0 Å². The maximum absolute atomic E-state index is 13.7. The van der Waals surface area contributed by atoms with E-state index in [0.717, 1.165) is 48.9 Å². The van der Waals surface area contributed by atoms with Crippen LogP contribution in [-0.4, -0.2) is 28.0 Å². The molecule has 2 aliphatic heterocycles. The fourth-order valence-electron chi connectivity index (χ4n) is 4.86. The Kier molecular flexibility index (Phi) is 3.92. The van der Waals surface area contributed by atoms with E-state index < -0.39 is 0 Å². The molecule has 4 nitrogen and oxygen atoms in total. The molecular weight excluding hydrogens is 341 g/mol. The molecule has 2 saturated carbocycles. The normalized spacial score (nSPS) is 26.4. The number of hydrogen-bond acceptors (Lipinski definition) is 2. The van der Waals surface area contributed by atoms with Crippen molar-refractivity contribution in [2.45, 2.75) is 57.0 Å². The lowest BCUT2D eigenvalue weighted by Gasteiger charge is -2.54. The van der Waals surface area contributed by atoms with Gasteiger partial charge >= 0.3 is 6.03 Å². The number of carbonyl (C=O) groups is 1. The number of fused-ring (bicyclic) bond motifs is 2. The molecule has 0 radical (unpaired) electrons. The Morgan fingerprint density at radius 1 is 1.15 bits per heavy atom. The second-order valence-corrected chi connectivity index (χ2v) is 8.43. The van der Waals surface area contributed by atoms with Crippen LogP contribution in [0.5, 0.6) is 0 Å². The molecule has 1 aromatic carbocycles. The summed E-state index contributed by atoms with van der Waals surface area (Å²) in [6.45, 7) is 2.27. The zero-order valence-corrected chi connectivity index (χ0v) is 15.5. The number of nitrogens with zero attached hydrogens (tertiary/aromatic N) is 2. The third-order valence-corrected chi connectivity index (χ3v) is 6.25. The van der Waals surface area contributed by atoms with Crippen molar-refractivity contribution < 1.29 is 9.18 Å². The first-order chi connectivity index (χ1) is 13.1. The summed E-state index contributed by atoms with van der Waals surface area (Å²) in [6.07, 6.45) is 8.58. The number of amides is 2. The second kappa shape index (κ2) is 6.32. The Morgan fingerprint density at radius 3 is 2.63 bits per heavy atom. The quantitative estimate of drug-likeness (QED) is 0.815. The minimum absolute atomic E-state index is 0.00867. The largest absolute Gasteiger partial charge is 0.322 e. The van der Waals surface area contributed by atoms with Crippen LogP contribution in [0.4, 0.5) is 14.9 Å². The summed E-state index contributed by atoms with van der Waals surface area (Å²) >= 11 is 0. The summed E-state index contributed by atoms with van der Waals surface area (Å²) in [6, 6.07) is 8.30. The van der Waals surface area contributed by atoms with Gasteiger partial charge in [-0.3, -0.25) is 4.98 Å². The molecule has 0 spiro atoms. The van der Waals surface area contributed by atoms with E-state index in [2.05, 4.69) is 23.3 Å². The molecule has 3 heterocycles. The van der Waals surface area contributed by atoms with Crippen LogP contribution in [0.25, 0.3) is 11.1 Å². The first-order valence-electron chi connectivity index (χ1n) is 9.92. The summed E-state index contributed by atoms with van der Waals surface area (Å²) in [7, 11) is 0. The highest BCUT2D eigenvalue weighted by Crippen LogP contribution is 2.45. The van der Waals surface area contributed by atoms with Crippen molar-refractivity contribution in [3.8, 4) is 11.1 Å². The predicted molar refractivity (Wildman–Crippen MR) is 103 cm³/mol. The lowest BCUT2D eigenvalue weighted by atomic mass is 9.74. The summed E-state index contributed by atoms with van der Waals surface area (Å²) in [4.78, 5) is 18.8. The second-order valence-electron chi connectivity index (χ2n) is 8.43. The first kappa shape index (κ1) is 16.7. The molecule has 2 saturated heterocycles. The van der Waals surface area contributed by atoms with Crippen molar-refractivity contribution in [2.24, 2.45) is 5.92 Å². The molecule has 4 fully saturated rings. The Labute approximate surface area is 158 Å². The molecular formula is C22H24FN3O. The van der Waals surface area contributed by atoms with Crippen LogP contribution in [-0.2, 0) is 0 Å². The number of pyridine rings is 1. The van der Waals surface area contributed by atoms with Crippen molar-refractivity contribution in [3.63, 3.8) is 0 Å². The number of nitrogens with one attached hydrogen (secondary N) is 1. The molecule has 140 valence electrons. The summed E-state index contributed by atoms with van der Waals surface area (Å²) in [5.41, 5.74) is 3.72. The lowest BCUT2D eigenvalue weighted by molar-refractivity contribution is -0.00600. The fraction of sp³-hybridized carbons (Fsp3) is 0.455. The van der Waals surface area contributed by atoms with Gasteiger partial charge < -0.3 is 10.2 Å². The van der Waals surface area contributed by atoms with Crippen LogP contribution >= 0.6 is 0 Å². The minimum atomic E-state index is -0.341. The molecule has 2 bridgehead atoms. The Bertz CT molecular complexity index is 883. The van der Waals surface area contributed by atoms with E-state index in [4.69, 9.17) is 0 Å². The number of aromatic nitrogens is 1. The van der Waals surface area contributed by atoms with Crippen molar-refractivity contribution in [3.05, 3.63) is 48.0 Å². The number of benzene rings is 1. The molecule has 2 amide bonds. The van der Waals surface area contributed by atoms with Gasteiger partial charge in [-0.25, -0.2) is 9.18 Å². The van der Waals surface area contributed by atoms with Crippen LogP contribution < -0.4 is 5.32 Å². The van der Waals surface area contributed by atoms with Gasteiger partial charge in [0.25, 0.3) is 0 Å². The Morgan fingerprint density at radius 2 is 1.93 bits per heavy atom. The van der Waals surface area contributed by atoms with Gasteiger partial charge in [0.2, 0.25) is 0 Å². The van der Waals surface area contributed by atoms with Gasteiger partial charge in [0.1, 0.15) is 5.82 Å². The van der Waals surface area contributed by atoms with Crippen molar-refractivity contribution in [1.29, 1.82) is 0 Å². The molecule has 4 aliphatic rings. The van der Waals surface area contributed by atoms with Crippen molar-refractivity contribution >= 4 is 11.7 Å². The highest BCUT2D eigenvalue weighted by molar-refractivity contribution is 5.91. The monoisotopic (exact) mass is 365 g/mol. The average molecular weight is 365 g/mol. The van der Waals surface area contributed by atoms with Gasteiger partial charge in [-0.2, -0.15) is 0 Å². The third-order valence-electron chi connectivity index (χ3n) is 6.25. The lowest BCUT2D eigenvalue weighted by Crippen LogP contribution is -2.63. The third kappa shape index (κ3) is 3.09. The SMILES string of the molecule is C[C@H]1CC2C[C@@H](C1)N2C(=O)Nc1ccc(C2CC2)c(-c2cncc(F)c2)c1. The van der Waals surface area contributed by atoms with E-state index >= 15 is 0 Å². The van der Waals surface area contributed by atoms with E-state index in [1.807, 2.05) is 17.0 Å². The molecule has 1 N–H and O–H groups in total. The predicted octanol–water partition coefficient (Wildman–Crippen LogP) is 5.17. The standard InChI is InChI=1S/C22H24FN3O/c1-13-6-18-10-19(7-13)26(18)22(27)25-17-4-5-20(14-2-3-14)21(9-17)15-8-16(23)12-24-11-15/h4-5,8-9,11-14,18-19H,2-3,6-7,10H2,1H3,(H,25,27)/t13-,18-,19?/m1/s1. The number of hydrogen-bond donors (Lipinski definition) is 1. The summed E-state index contributed by atoms with van der Waals surface area (Å²) < 4.78 is 13.7. The van der Waals surface area contributed by atoms with Crippen LogP contribution in [0.3, 0.4) is 0 Å². The van der Waals surface area contributed by atoms with Crippen LogP contribution in [0.2, 0.25) is 0 Å². The van der Waals surface area contributed by atoms with Gasteiger partial charge in [0, 0.05) is 29.5 Å². The van der Waals surface area contributed by atoms with Crippen LogP contribution in [0.1, 0.15) is 50.5 Å². The number of anilines is 1. The van der Waals surface area contributed by atoms with Gasteiger partial charge in [0.05, 0.1) is 6.20 Å².